The van der Waals surface area contributed by atoms with Crippen LogP contribution in [0.4, 0.5) is 0 Å². The van der Waals surface area contributed by atoms with E-state index < -0.39 is 21.8 Å². The molecule has 0 aliphatic heterocycles. The van der Waals surface area contributed by atoms with Gasteiger partial charge in [-0.1, -0.05) is 5.92 Å². The second-order valence-corrected chi connectivity index (χ2v) is 7.57. The fraction of sp³-hybridized carbons (Fsp3) is 0.286. The van der Waals surface area contributed by atoms with Crippen LogP contribution in [0.25, 0.3) is 0 Å². The molecule has 0 unspecified atom stereocenters. The maximum atomic E-state index is 12.2. The van der Waals surface area contributed by atoms with Crippen molar-refractivity contribution in [1.82, 2.24) is 14.9 Å². The number of sulfonamides is 1. The average Bonchev–Trinajstić information content (AvgIpc) is 2.50. The lowest BCUT2D eigenvalue weighted by molar-refractivity contribution is -0.119. The van der Waals surface area contributed by atoms with Crippen molar-refractivity contribution in [2.45, 2.75) is 4.90 Å². The Balaban J connectivity index is 2.92. The van der Waals surface area contributed by atoms with E-state index in [2.05, 4.69) is 32.5 Å². The predicted octanol–water partition coefficient (Wildman–Crippen LogP) is 0.179. The zero-order valence-corrected chi connectivity index (χ0v) is 15.0. The molecule has 9 heteroatoms. The molecule has 2 N–H and O–H groups in total. The van der Waals surface area contributed by atoms with Gasteiger partial charge in [0.1, 0.15) is 0 Å². The number of rotatable bonds is 6. The van der Waals surface area contributed by atoms with E-state index in [1.807, 2.05) is 0 Å². The van der Waals surface area contributed by atoms with Gasteiger partial charge in [0, 0.05) is 24.1 Å². The van der Waals surface area contributed by atoms with Crippen molar-refractivity contribution in [1.29, 1.82) is 0 Å². The summed E-state index contributed by atoms with van der Waals surface area (Å²) in [4.78, 5) is 23.4. The number of halogens is 1. The van der Waals surface area contributed by atoms with Gasteiger partial charge in [-0.05, 0) is 34.1 Å². The van der Waals surface area contributed by atoms with Gasteiger partial charge in [-0.15, -0.1) is 6.42 Å². The van der Waals surface area contributed by atoms with E-state index in [0.717, 1.165) is 4.31 Å². The van der Waals surface area contributed by atoms with Crippen molar-refractivity contribution in [2.75, 3.05) is 27.2 Å². The first-order valence-electron chi connectivity index (χ1n) is 6.40. The van der Waals surface area contributed by atoms with Crippen molar-refractivity contribution in [3.63, 3.8) is 0 Å². The maximum Gasteiger partial charge on any atom is 0.251 e. The van der Waals surface area contributed by atoms with E-state index in [-0.39, 0.29) is 23.5 Å². The minimum Gasteiger partial charge on any atom is -0.344 e. The molecule has 0 aromatic heterocycles. The number of carbonyl (C=O) groups excluding carboxylic acids is 2. The van der Waals surface area contributed by atoms with E-state index in [0.29, 0.717) is 4.47 Å². The summed E-state index contributed by atoms with van der Waals surface area (Å²) in [5.74, 6) is 1.24. The van der Waals surface area contributed by atoms with Crippen molar-refractivity contribution >= 4 is 37.8 Å². The third kappa shape index (κ3) is 5.06. The van der Waals surface area contributed by atoms with Crippen LogP contribution < -0.4 is 10.6 Å². The Labute approximate surface area is 143 Å². The molecular weight excluding hydrogens is 386 g/mol. The predicted molar refractivity (Wildman–Crippen MR) is 89.2 cm³/mol. The highest BCUT2D eigenvalue weighted by molar-refractivity contribution is 9.10. The lowest BCUT2D eigenvalue weighted by Gasteiger charge is -2.14. The van der Waals surface area contributed by atoms with Crippen LogP contribution in [0.5, 0.6) is 0 Å². The number of benzene rings is 1. The van der Waals surface area contributed by atoms with E-state index >= 15 is 0 Å². The molecule has 1 aromatic rings. The van der Waals surface area contributed by atoms with Crippen LogP contribution in [0.2, 0.25) is 0 Å². The standard InChI is InChI=1S/C14H16BrN3O4S/c1-4-7-16-13(19)9-17-14(20)10-5-6-11(15)12(8-10)23(21,22)18(2)3/h1,5-6,8H,7,9H2,2-3H3,(H,16,19)(H,17,20). The summed E-state index contributed by atoms with van der Waals surface area (Å²) in [6.07, 6.45) is 5.00. The highest BCUT2D eigenvalue weighted by atomic mass is 79.9. The van der Waals surface area contributed by atoms with E-state index in [4.69, 9.17) is 6.42 Å². The van der Waals surface area contributed by atoms with Crippen LogP contribution in [0.3, 0.4) is 0 Å². The molecular formula is C14H16BrN3O4S. The summed E-state index contributed by atoms with van der Waals surface area (Å²) in [6, 6.07) is 4.16. The summed E-state index contributed by atoms with van der Waals surface area (Å²) in [7, 11) is -0.915. The number of hydrogen-bond acceptors (Lipinski definition) is 4. The van der Waals surface area contributed by atoms with Crippen molar-refractivity contribution in [3.8, 4) is 12.3 Å². The average molecular weight is 402 g/mol. The molecule has 0 spiro atoms. The Bertz CT molecular complexity index is 754. The van der Waals surface area contributed by atoms with E-state index in [1.165, 1.54) is 32.3 Å². The van der Waals surface area contributed by atoms with Crippen LogP contribution in [0.1, 0.15) is 10.4 Å². The third-order valence-corrected chi connectivity index (χ3v) is 5.56. The molecule has 2 amide bonds. The number of terminal acetylenes is 1. The largest absolute Gasteiger partial charge is 0.344 e. The summed E-state index contributed by atoms with van der Waals surface area (Å²) in [6.45, 7) is -0.190. The van der Waals surface area contributed by atoms with E-state index in [1.54, 1.807) is 0 Å². The first kappa shape index (κ1) is 19.2. The second-order valence-electron chi connectivity index (χ2n) is 4.60. The molecule has 0 atom stereocenters. The molecule has 124 valence electrons. The molecule has 23 heavy (non-hydrogen) atoms. The van der Waals surface area contributed by atoms with Crippen LogP contribution in [-0.2, 0) is 14.8 Å². The number of hydrogen-bond donors (Lipinski definition) is 2. The highest BCUT2D eigenvalue weighted by Crippen LogP contribution is 2.25. The minimum atomic E-state index is -3.70. The summed E-state index contributed by atoms with van der Waals surface area (Å²) in [5.41, 5.74) is 0.123. The second kappa shape index (κ2) is 8.10. The Morgan fingerprint density at radius 3 is 2.52 bits per heavy atom. The number of amides is 2. The van der Waals surface area contributed by atoms with Gasteiger partial charge in [0.25, 0.3) is 5.91 Å². The molecule has 0 saturated carbocycles. The van der Waals surface area contributed by atoms with Crippen LogP contribution in [-0.4, -0.2) is 51.7 Å². The summed E-state index contributed by atoms with van der Waals surface area (Å²) >= 11 is 3.15. The van der Waals surface area contributed by atoms with E-state index in [9.17, 15) is 18.0 Å². The van der Waals surface area contributed by atoms with Crippen LogP contribution >= 0.6 is 15.9 Å². The lowest BCUT2D eigenvalue weighted by atomic mass is 10.2. The fourth-order valence-corrected chi connectivity index (χ4v) is 3.36. The first-order chi connectivity index (χ1) is 10.7. The highest BCUT2D eigenvalue weighted by Gasteiger charge is 2.22. The van der Waals surface area contributed by atoms with Crippen LogP contribution in [0, 0.1) is 12.3 Å². The van der Waals surface area contributed by atoms with Crippen molar-refractivity contribution in [2.24, 2.45) is 0 Å². The molecule has 1 aromatic carbocycles. The minimum absolute atomic E-state index is 0.0352. The molecule has 0 aliphatic rings. The van der Waals surface area contributed by atoms with Gasteiger partial charge in [-0.2, -0.15) is 0 Å². The molecule has 1 rings (SSSR count). The van der Waals surface area contributed by atoms with Gasteiger partial charge in [0.2, 0.25) is 15.9 Å². The number of nitrogens with one attached hydrogen (secondary N) is 2. The molecule has 0 bridgehead atoms. The molecule has 7 nitrogen and oxygen atoms in total. The molecule has 0 saturated heterocycles. The Morgan fingerprint density at radius 1 is 1.30 bits per heavy atom. The maximum absolute atomic E-state index is 12.2. The van der Waals surface area contributed by atoms with Crippen LogP contribution in [0.15, 0.2) is 27.6 Å². The van der Waals surface area contributed by atoms with Gasteiger partial charge in [0.05, 0.1) is 18.0 Å². The topological polar surface area (TPSA) is 95.6 Å². The lowest BCUT2D eigenvalue weighted by Crippen LogP contribution is -2.37. The SMILES string of the molecule is C#CCNC(=O)CNC(=O)c1ccc(Br)c(S(=O)(=O)N(C)C)c1. The third-order valence-electron chi connectivity index (χ3n) is 2.75. The quantitative estimate of drug-likeness (QED) is 0.664. The number of nitrogens with zero attached hydrogens (tertiary/aromatic N) is 1. The zero-order chi connectivity index (χ0) is 17.6. The van der Waals surface area contributed by atoms with Gasteiger partial charge in [-0.3, -0.25) is 9.59 Å². The summed E-state index contributed by atoms with van der Waals surface area (Å²) < 4.78 is 25.8. The zero-order valence-electron chi connectivity index (χ0n) is 12.6. The van der Waals surface area contributed by atoms with Gasteiger partial charge >= 0.3 is 0 Å². The summed E-state index contributed by atoms with van der Waals surface area (Å²) in [5, 5.41) is 4.79. The Hall–Kier alpha value is -1.89. The molecule has 0 aliphatic carbocycles. The van der Waals surface area contributed by atoms with Gasteiger partial charge < -0.3 is 10.6 Å². The van der Waals surface area contributed by atoms with Crippen molar-refractivity contribution < 1.29 is 18.0 Å². The molecule has 0 radical (unpaired) electrons. The molecule has 0 heterocycles. The van der Waals surface area contributed by atoms with Gasteiger partial charge in [-0.25, -0.2) is 12.7 Å². The van der Waals surface area contributed by atoms with Gasteiger partial charge in [0.15, 0.2) is 0 Å². The Kier molecular flexibility index (Phi) is 6.75. The normalized spacial score (nSPS) is 10.9. The fourth-order valence-electron chi connectivity index (χ4n) is 1.51. The monoisotopic (exact) mass is 401 g/mol. The number of carbonyl (C=O) groups is 2. The first-order valence-corrected chi connectivity index (χ1v) is 8.64. The smallest absolute Gasteiger partial charge is 0.251 e. The van der Waals surface area contributed by atoms with Crippen molar-refractivity contribution in [3.05, 3.63) is 28.2 Å². The Morgan fingerprint density at radius 2 is 1.96 bits per heavy atom. The molecule has 0 fully saturated rings.